The predicted molar refractivity (Wildman–Crippen MR) is 156 cm³/mol. The molecule has 0 aliphatic rings. The van der Waals surface area contributed by atoms with E-state index in [0.29, 0.717) is 6.42 Å². The number of hydrogen-bond acceptors (Lipinski definition) is 5. The van der Waals surface area contributed by atoms with Gasteiger partial charge in [-0.3, -0.25) is 4.98 Å². The highest BCUT2D eigenvalue weighted by Crippen LogP contribution is 2.35. The second kappa shape index (κ2) is 10.8. The Morgan fingerprint density at radius 3 is 2.64 bits per heavy atom. The van der Waals surface area contributed by atoms with Gasteiger partial charge < -0.3 is 15.2 Å². The first kappa shape index (κ1) is 25.2. The van der Waals surface area contributed by atoms with E-state index in [4.69, 9.17) is 4.98 Å². The van der Waals surface area contributed by atoms with Crippen molar-refractivity contribution in [2.45, 2.75) is 20.3 Å². The van der Waals surface area contributed by atoms with Gasteiger partial charge in [0.05, 0.1) is 11.7 Å². The number of H-pyrrole nitrogens is 1. The summed E-state index contributed by atoms with van der Waals surface area (Å²) in [7, 11) is 6.00. The highest BCUT2D eigenvalue weighted by atomic mass is 32.1. The third-order valence-corrected chi connectivity index (χ3v) is 7.42. The van der Waals surface area contributed by atoms with Crippen molar-refractivity contribution in [1.29, 1.82) is 0 Å². The normalized spacial score (nSPS) is 12.1. The van der Waals surface area contributed by atoms with Crippen molar-refractivity contribution in [3.05, 3.63) is 102 Å². The monoisotopic (exact) mass is 495 g/mol. The fourth-order valence-corrected chi connectivity index (χ4v) is 5.11. The average Bonchev–Trinajstić information content (AvgIpc) is 3.51. The zero-order valence-corrected chi connectivity index (χ0v) is 22.5. The number of pyridine rings is 1. The van der Waals surface area contributed by atoms with Crippen molar-refractivity contribution in [3.63, 3.8) is 0 Å². The summed E-state index contributed by atoms with van der Waals surface area (Å²) < 4.78 is 0. The van der Waals surface area contributed by atoms with Crippen LogP contribution in [0.4, 0.5) is 5.69 Å². The molecular formula is C30H33N5S. The van der Waals surface area contributed by atoms with Gasteiger partial charge in [-0.05, 0) is 72.5 Å². The van der Waals surface area contributed by atoms with E-state index in [1.807, 2.05) is 46.5 Å². The smallest absolute Gasteiger partial charge is 0.111 e. The van der Waals surface area contributed by atoms with Gasteiger partial charge in [0.2, 0.25) is 0 Å². The summed E-state index contributed by atoms with van der Waals surface area (Å²) in [6, 6.07) is 10.7. The van der Waals surface area contributed by atoms with E-state index in [0.717, 1.165) is 55.4 Å². The van der Waals surface area contributed by atoms with E-state index in [1.54, 1.807) is 11.3 Å². The van der Waals surface area contributed by atoms with Gasteiger partial charge >= 0.3 is 0 Å². The van der Waals surface area contributed by atoms with Crippen molar-refractivity contribution < 1.29 is 0 Å². The Kier molecular flexibility index (Phi) is 7.55. The Bertz CT molecular complexity index is 1480. The lowest BCUT2D eigenvalue weighted by molar-refractivity contribution is 0.530. The number of nitrogens with one attached hydrogen (secondary N) is 2. The molecule has 3 heterocycles. The third-order valence-electron chi connectivity index (χ3n) is 6.14. The number of thiophene rings is 1. The summed E-state index contributed by atoms with van der Waals surface area (Å²) in [6.45, 7) is 12.1. The molecule has 0 fully saturated rings. The van der Waals surface area contributed by atoms with Crippen molar-refractivity contribution in [1.82, 2.24) is 19.9 Å². The van der Waals surface area contributed by atoms with E-state index < -0.39 is 0 Å². The molecule has 0 amide bonds. The minimum Gasteiger partial charge on any atom is -0.388 e. The molecule has 0 atom stereocenters. The number of likely N-dealkylation sites (N-methyl/N-ethyl adjacent to an activating group) is 1. The molecule has 0 unspecified atom stereocenters. The standard InChI is InChI=1S/C30H33N5S/c1-8-20(15-23(9-2)35(6)7)21-10-11-25(31-5)22(14-21)16-29-33-26-18-32-17-24(30(26)34-29)28-13-12-27(36-28)19(3)4/h8-15,17-18,31H,2-3,16H2,1,4-7H3,(H,33,34)/b20-8+,23-15+. The van der Waals surface area contributed by atoms with Gasteiger partial charge in [-0.2, -0.15) is 0 Å². The zero-order chi connectivity index (χ0) is 25.8. The maximum Gasteiger partial charge on any atom is 0.111 e. The molecule has 2 N–H and O–H groups in total. The quantitative estimate of drug-likeness (QED) is 0.238. The van der Waals surface area contributed by atoms with Gasteiger partial charge in [-0.1, -0.05) is 25.3 Å². The summed E-state index contributed by atoms with van der Waals surface area (Å²) in [6.07, 6.45) is 10.6. The number of nitrogens with zero attached hydrogens (tertiary/aromatic N) is 3. The summed E-state index contributed by atoms with van der Waals surface area (Å²) in [5.74, 6) is 0.905. The lowest BCUT2D eigenvalue weighted by Gasteiger charge is -2.16. The molecule has 0 spiro atoms. The van der Waals surface area contributed by atoms with Gasteiger partial charge in [0.25, 0.3) is 0 Å². The number of aromatic amines is 1. The van der Waals surface area contributed by atoms with Crippen LogP contribution in [0.15, 0.2) is 79.8 Å². The van der Waals surface area contributed by atoms with Crippen molar-refractivity contribution in [2.24, 2.45) is 0 Å². The van der Waals surface area contributed by atoms with Crippen LogP contribution < -0.4 is 5.32 Å². The van der Waals surface area contributed by atoms with Crippen LogP contribution in [0, 0.1) is 0 Å². The number of benzene rings is 1. The molecule has 0 aliphatic heterocycles. The van der Waals surface area contributed by atoms with E-state index in [9.17, 15) is 0 Å². The van der Waals surface area contributed by atoms with Crippen molar-refractivity contribution in [2.75, 3.05) is 26.5 Å². The van der Waals surface area contributed by atoms with Crippen molar-refractivity contribution in [3.8, 4) is 10.4 Å². The molecule has 0 saturated carbocycles. The maximum atomic E-state index is 5.01. The number of anilines is 1. The van der Waals surface area contributed by atoms with Crippen LogP contribution in [0.2, 0.25) is 0 Å². The van der Waals surface area contributed by atoms with Crippen LogP contribution in [0.25, 0.3) is 32.6 Å². The summed E-state index contributed by atoms with van der Waals surface area (Å²) in [5.41, 5.74) is 9.58. The first-order chi connectivity index (χ1) is 17.3. The summed E-state index contributed by atoms with van der Waals surface area (Å²) in [5, 5.41) is 3.33. The largest absolute Gasteiger partial charge is 0.388 e. The maximum absolute atomic E-state index is 5.01. The van der Waals surface area contributed by atoms with Crippen LogP contribution >= 0.6 is 11.3 Å². The van der Waals surface area contributed by atoms with Gasteiger partial charge in [0.1, 0.15) is 11.3 Å². The molecule has 0 bridgehead atoms. The molecule has 4 rings (SSSR count). The fourth-order valence-electron chi connectivity index (χ4n) is 4.17. The zero-order valence-electron chi connectivity index (χ0n) is 21.6. The van der Waals surface area contributed by atoms with Gasteiger partial charge in [0.15, 0.2) is 0 Å². The summed E-state index contributed by atoms with van der Waals surface area (Å²) >= 11 is 1.72. The Labute approximate surface area is 217 Å². The van der Waals surface area contributed by atoms with E-state index in [1.165, 1.54) is 10.4 Å². The number of rotatable bonds is 9. The molecule has 0 aliphatic carbocycles. The Hall–Kier alpha value is -3.90. The van der Waals surface area contributed by atoms with Gasteiger partial charge in [-0.15, -0.1) is 11.3 Å². The van der Waals surface area contributed by atoms with E-state index in [2.05, 4.69) is 82.8 Å². The Morgan fingerprint density at radius 1 is 1.19 bits per heavy atom. The van der Waals surface area contributed by atoms with Crippen LogP contribution in [-0.2, 0) is 6.42 Å². The molecule has 36 heavy (non-hydrogen) atoms. The fraction of sp³-hybridized carbons (Fsp3) is 0.200. The minimum atomic E-state index is 0.669. The Balaban J connectivity index is 1.71. The first-order valence-electron chi connectivity index (χ1n) is 11.9. The molecule has 184 valence electrons. The molecule has 6 heteroatoms. The van der Waals surface area contributed by atoms with E-state index >= 15 is 0 Å². The SMILES string of the molecule is C=C/C(=C\C(=C/C)c1ccc(NC)c(Cc2nc3c(-c4ccc(C(=C)C)s4)cncc3[nH]2)c1)N(C)C. The molecule has 1 aromatic carbocycles. The second-order valence-corrected chi connectivity index (χ2v) is 10.0. The van der Waals surface area contributed by atoms with Gasteiger partial charge in [-0.25, -0.2) is 4.98 Å². The number of imidazole rings is 1. The van der Waals surface area contributed by atoms with Crippen LogP contribution in [0.5, 0.6) is 0 Å². The molecule has 3 aromatic heterocycles. The van der Waals surface area contributed by atoms with Crippen LogP contribution in [0.3, 0.4) is 0 Å². The average molecular weight is 496 g/mol. The molecule has 0 saturated heterocycles. The van der Waals surface area contributed by atoms with Gasteiger partial charge in [0, 0.05) is 60.5 Å². The van der Waals surface area contributed by atoms with Crippen LogP contribution in [0.1, 0.15) is 35.7 Å². The second-order valence-electron chi connectivity index (χ2n) is 8.92. The lowest BCUT2D eigenvalue weighted by Crippen LogP contribution is -2.09. The van der Waals surface area contributed by atoms with Crippen LogP contribution in [-0.4, -0.2) is 41.0 Å². The topological polar surface area (TPSA) is 56.8 Å². The minimum absolute atomic E-state index is 0.669. The molecule has 0 radical (unpaired) electrons. The molecule has 4 aromatic rings. The predicted octanol–water partition coefficient (Wildman–Crippen LogP) is 7.39. The number of fused-ring (bicyclic) bond motifs is 1. The molecular weight excluding hydrogens is 462 g/mol. The Morgan fingerprint density at radius 2 is 2.00 bits per heavy atom. The third kappa shape index (κ3) is 5.19. The van der Waals surface area contributed by atoms with E-state index in [-0.39, 0.29) is 0 Å². The molecule has 5 nitrogen and oxygen atoms in total. The number of hydrogen-bond donors (Lipinski definition) is 2. The first-order valence-corrected chi connectivity index (χ1v) is 12.7. The highest BCUT2D eigenvalue weighted by Gasteiger charge is 2.14. The number of aromatic nitrogens is 3. The lowest BCUT2D eigenvalue weighted by atomic mass is 9.98. The summed E-state index contributed by atoms with van der Waals surface area (Å²) in [4.78, 5) is 17.4. The highest BCUT2D eigenvalue weighted by molar-refractivity contribution is 7.16. The number of allylic oxidation sites excluding steroid dienone is 5. The van der Waals surface area contributed by atoms with Crippen molar-refractivity contribution >= 4 is 39.2 Å².